The molecule has 1 aromatic carbocycles. The first-order chi connectivity index (χ1) is 6.75. The highest BCUT2D eigenvalue weighted by atomic mass is 19.1. The van der Waals surface area contributed by atoms with E-state index in [4.69, 9.17) is 4.74 Å². The minimum atomic E-state index is -0.699. The summed E-state index contributed by atoms with van der Waals surface area (Å²) in [5.41, 5.74) is 2.32. The first kappa shape index (κ1) is 9.66. The van der Waals surface area contributed by atoms with Crippen molar-refractivity contribution >= 4 is 0 Å². The minimum absolute atomic E-state index is 0.0423. The van der Waals surface area contributed by atoms with E-state index in [-0.39, 0.29) is 6.10 Å². The molecule has 2 heteroatoms. The fraction of sp³-hybridized carbons (Fsp3) is 0.500. The average molecular weight is 194 g/mol. The van der Waals surface area contributed by atoms with Crippen LogP contribution in [-0.2, 0) is 4.74 Å². The standard InChI is InChI=1S/C12H15FO/c1-9-2-4-10(5-3-9)12-8-11(13)6-7-14-12/h2-5,11-12H,6-8H2,1H3/t11-,12+/m1/s1. The number of hydrogen-bond acceptors (Lipinski definition) is 1. The summed E-state index contributed by atoms with van der Waals surface area (Å²) in [5, 5.41) is 0. The number of ether oxygens (including phenoxy) is 1. The van der Waals surface area contributed by atoms with E-state index in [2.05, 4.69) is 0 Å². The molecular weight excluding hydrogens is 179 g/mol. The molecular formula is C12H15FO. The quantitative estimate of drug-likeness (QED) is 0.667. The Kier molecular flexibility index (Phi) is 2.82. The molecule has 1 fully saturated rings. The fourth-order valence-corrected chi connectivity index (χ4v) is 1.77. The Balaban J connectivity index is 2.10. The molecule has 1 heterocycles. The molecule has 0 unspecified atom stereocenters. The average Bonchev–Trinajstić information content (AvgIpc) is 2.19. The summed E-state index contributed by atoms with van der Waals surface area (Å²) in [7, 11) is 0. The highest BCUT2D eigenvalue weighted by Crippen LogP contribution is 2.29. The summed E-state index contributed by atoms with van der Waals surface area (Å²) in [6.45, 7) is 2.59. The van der Waals surface area contributed by atoms with E-state index >= 15 is 0 Å². The largest absolute Gasteiger partial charge is 0.373 e. The monoisotopic (exact) mass is 194 g/mol. The Hall–Kier alpha value is -0.890. The molecule has 0 spiro atoms. The minimum Gasteiger partial charge on any atom is -0.373 e. The molecule has 1 aliphatic heterocycles. The molecule has 14 heavy (non-hydrogen) atoms. The maximum Gasteiger partial charge on any atom is 0.105 e. The highest BCUT2D eigenvalue weighted by molar-refractivity contribution is 5.23. The first-order valence-electron chi connectivity index (χ1n) is 5.08. The topological polar surface area (TPSA) is 9.23 Å². The molecule has 2 atom stereocenters. The van der Waals surface area contributed by atoms with Crippen molar-refractivity contribution in [2.45, 2.75) is 32.0 Å². The van der Waals surface area contributed by atoms with Crippen molar-refractivity contribution in [1.82, 2.24) is 0 Å². The van der Waals surface area contributed by atoms with Crippen molar-refractivity contribution in [1.29, 1.82) is 0 Å². The predicted molar refractivity (Wildman–Crippen MR) is 54.0 cm³/mol. The van der Waals surface area contributed by atoms with Crippen LogP contribution in [0.15, 0.2) is 24.3 Å². The maximum atomic E-state index is 13.1. The second-order valence-corrected chi connectivity index (χ2v) is 3.89. The maximum absolute atomic E-state index is 13.1. The zero-order valence-electron chi connectivity index (χ0n) is 8.37. The third-order valence-corrected chi connectivity index (χ3v) is 2.67. The number of rotatable bonds is 1. The van der Waals surface area contributed by atoms with Crippen molar-refractivity contribution < 1.29 is 9.13 Å². The van der Waals surface area contributed by atoms with Gasteiger partial charge in [0.05, 0.1) is 12.7 Å². The molecule has 0 amide bonds. The zero-order chi connectivity index (χ0) is 9.97. The Morgan fingerprint density at radius 3 is 2.64 bits per heavy atom. The van der Waals surface area contributed by atoms with Gasteiger partial charge in [-0.1, -0.05) is 29.8 Å². The summed E-state index contributed by atoms with van der Waals surface area (Å²) < 4.78 is 18.7. The van der Waals surface area contributed by atoms with Gasteiger partial charge in [-0.15, -0.1) is 0 Å². The van der Waals surface area contributed by atoms with Crippen molar-refractivity contribution in [3.8, 4) is 0 Å². The van der Waals surface area contributed by atoms with Crippen LogP contribution in [0, 0.1) is 6.92 Å². The number of hydrogen-bond donors (Lipinski definition) is 0. The molecule has 0 aromatic heterocycles. The Morgan fingerprint density at radius 1 is 1.29 bits per heavy atom. The Morgan fingerprint density at radius 2 is 2.00 bits per heavy atom. The second kappa shape index (κ2) is 4.09. The number of benzene rings is 1. The third kappa shape index (κ3) is 2.13. The van der Waals surface area contributed by atoms with Crippen LogP contribution in [0.1, 0.15) is 30.1 Å². The fourth-order valence-electron chi connectivity index (χ4n) is 1.77. The summed E-state index contributed by atoms with van der Waals surface area (Å²) in [6, 6.07) is 8.14. The van der Waals surface area contributed by atoms with Gasteiger partial charge in [0.15, 0.2) is 0 Å². The second-order valence-electron chi connectivity index (χ2n) is 3.89. The lowest BCUT2D eigenvalue weighted by molar-refractivity contribution is -0.0193. The first-order valence-corrected chi connectivity index (χ1v) is 5.08. The lowest BCUT2D eigenvalue weighted by Gasteiger charge is -2.25. The van der Waals surface area contributed by atoms with E-state index in [1.807, 2.05) is 31.2 Å². The molecule has 1 aliphatic rings. The Labute approximate surface area is 83.9 Å². The molecule has 0 bridgehead atoms. The normalized spacial score (nSPS) is 27.6. The highest BCUT2D eigenvalue weighted by Gasteiger charge is 2.23. The van der Waals surface area contributed by atoms with E-state index in [9.17, 15) is 4.39 Å². The van der Waals surface area contributed by atoms with Gasteiger partial charge >= 0.3 is 0 Å². The van der Waals surface area contributed by atoms with Gasteiger partial charge in [-0.25, -0.2) is 4.39 Å². The van der Waals surface area contributed by atoms with E-state index < -0.39 is 6.17 Å². The zero-order valence-corrected chi connectivity index (χ0v) is 8.37. The van der Waals surface area contributed by atoms with Crippen LogP contribution >= 0.6 is 0 Å². The SMILES string of the molecule is Cc1ccc([C@@H]2C[C@H](F)CCO2)cc1. The third-order valence-electron chi connectivity index (χ3n) is 2.67. The molecule has 0 saturated carbocycles. The molecule has 0 radical (unpaired) electrons. The van der Waals surface area contributed by atoms with E-state index in [1.165, 1.54) is 5.56 Å². The van der Waals surface area contributed by atoms with Crippen molar-refractivity contribution in [2.75, 3.05) is 6.61 Å². The lowest BCUT2D eigenvalue weighted by atomic mass is 9.99. The summed E-state index contributed by atoms with van der Waals surface area (Å²) >= 11 is 0. The number of alkyl halides is 1. The summed E-state index contributed by atoms with van der Waals surface area (Å²) in [4.78, 5) is 0. The van der Waals surface area contributed by atoms with Crippen LogP contribution in [0.2, 0.25) is 0 Å². The van der Waals surface area contributed by atoms with Crippen molar-refractivity contribution in [2.24, 2.45) is 0 Å². The molecule has 0 N–H and O–H groups in total. The number of halogens is 1. The van der Waals surface area contributed by atoms with E-state index in [0.717, 1.165) is 5.56 Å². The van der Waals surface area contributed by atoms with Gasteiger partial charge in [0.1, 0.15) is 6.17 Å². The van der Waals surface area contributed by atoms with Gasteiger partial charge in [0, 0.05) is 12.8 Å². The van der Waals surface area contributed by atoms with Crippen LogP contribution in [0.3, 0.4) is 0 Å². The molecule has 0 aliphatic carbocycles. The Bertz CT molecular complexity index is 294. The molecule has 76 valence electrons. The van der Waals surface area contributed by atoms with Crippen LogP contribution in [0.4, 0.5) is 4.39 Å². The van der Waals surface area contributed by atoms with Gasteiger partial charge < -0.3 is 4.74 Å². The smallest absolute Gasteiger partial charge is 0.105 e. The van der Waals surface area contributed by atoms with Crippen LogP contribution in [-0.4, -0.2) is 12.8 Å². The van der Waals surface area contributed by atoms with Crippen LogP contribution in [0.25, 0.3) is 0 Å². The van der Waals surface area contributed by atoms with Gasteiger partial charge in [-0.3, -0.25) is 0 Å². The predicted octanol–water partition coefficient (Wildman–Crippen LogP) is 3.18. The van der Waals surface area contributed by atoms with Gasteiger partial charge in [-0.05, 0) is 12.5 Å². The summed E-state index contributed by atoms with van der Waals surface area (Å²) in [6.07, 6.45) is 0.306. The van der Waals surface area contributed by atoms with Gasteiger partial charge in [-0.2, -0.15) is 0 Å². The lowest BCUT2D eigenvalue weighted by Crippen LogP contribution is -2.20. The van der Waals surface area contributed by atoms with Gasteiger partial charge in [0.2, 0.25) is 0 Å². The number of aryl methyl sites for hydroxylation is 1. The molecule has 1 saturated heterocycles. The van der Waals surface area contributed by atoms with Crippen molar-refractivity contribution in [3.05, 3.63) is 35.4 Å². The van der Waals surface area contributed by atoms with E-state index in [0.29, 0.717) is 19.4 Å². The summed E-state index contributed by atoms with van der Waals surface area (Å²) in [5.74, 6) is 0. The molecule has 2 rings (SSSR count). The van der Waals surface area contributed by atoms with Crippen LogP contribution < -0.4 is 0 Å². The van der Waals surface area contributed by atoms with Gasteiger partial charge in [0.25, 0.3) is 0 Å². The van der Waals surface area contributed by atoms with Crippen molar-refractivity contribution in [3.63, 3.8) is 0 Å². The molecule has 1 nitrogen and oxygen atoms in total. The molecule has 1 aromatic rings. The van der Waals surface area contributed by atoms with Crippen LogP contribution in [0.5, 0.6) is 0 Å². The van der Waals surface area contributed by atoms with E-state index in [1.54, 1.807) is 0 Å².